The standard InChI is InChI=1S/C8H4F3N3O2/c9-8(10,11)4-2-1-3-5-12-6(7(15)16)13-14(4)5/h1-3H,(H,15,16). The first-order valence-electron chi connectivity index (χ1n) is 4.06. The second-order valence-corrected chi connectivity index (χ2v) is 2.92. The number of carboxylic acid groups (broad SMARTS) is 1. The van der Waals surface area contributed by atoms with Crippen molar-refractivity contribution < 1.29 is 23.1 Å². The van der Waals surface area contributed by atoms with Crippen LogP contribution >= 0.6 is 0 Å². The molecule has 0 aliphatic heterocycles. The largest absolute Gasteiger partial charge is 0.475 e. The van der Waals surface area contributed by atoms with Crippen LogP contribution in [0.5, 0.6) is 0 Å². The van der Waals surface area contributed by atoms with Crippen molar-refractivity contribution in [3.63, 3.8) is 0 Å². The van der Waals surface area contributed by atoms with Crippen LogP contribution in [-0.2, 0) is 6.18 Å². The zero-order valence-electron chi connectivity index (χ0n) is 7.56. The van der Waals surface area contributed by atoms with E-state index in [1.165, 1.54) is 6.07 Å². The second kappa shape index (κ2) is 3.19. The molecule has 0 atom stereocenters. The van der Waals surface area contributed by atoms with Crippen LogP contribution < -0.4 is 0 Å². The van der Waals surface area contributed by atoms with Crippen molar-refractivity contribution in [2.24, 2.45) is 0 Å². The number of halogens is 3. The minimum atomic E-state index is -4.61. The molecular weight excluding hydrogens is 227 g/mol. The van der Waals surface area contributed by atoms with Crippen molar-refractivity contribution in [3.8, 4) is 0 Å². The average molecular weight is 231 g/mol. The first kappa shape index (κ1) is 10.4. The third-order valence-electron chi connectivity index (χ3n) is 1.84. The van der Waals surface area contributed by atoms with Gasteiger partial charge >= 0.3 is 12.1 Å². The van der Waals surface area contributed by atoms with Crippen molar-refractivity contribution in [1.82, 2.24) is 14.6 Å². The third kappa shape index (κ3) is 1.58. The number of hydrogen-bond donors (Lipinski definition) is 1. The Balaban J connectivity index is 2.73. The molecule has 0 saturated carbocycles. The van der Waals surface area contributed by atoms with Gasteiger partial charge in [-0.25, -0.2) is 14.3 Å². The summed E-state index contributed by atoms with van der Waals surface area (Å²) in [5, 5.41) is 11.8. The quantitative estimate of drug-likeness (QED) is 0.806. The van der Waals surface area contributed by atoms with Crippen molar-refractivity contribution in [2.75, 3.05) is 0 Å². The molecule has 1 N–H and O–H groups in total. The SMILES string of the molecule is O=C(O)c1nc2cccc(C(F)(F)F)n2n1. The molecule has 0 fully saturated rings. The number of fused-ring (bicyclic) bond motifs is 1. The summed E-state index contributed by atoms with van der Waals surface area (Å²) in [7, 11) is 0. The van der Waals surface area contributed by atoms with Crippen LogP contribution in [0.3, 0.4) is 0 Å². The molecule has 0 spiro atoms. The van der Waals surface area contributed by atoms with Gasteiger partial charge in [0.15, 0.2) is 5.65 Å². The van der Waals surface area contributed by atoms with E-state index in [1.807, 2.05) is 0 Å². The van der Waals surface area contributed by atoms with Gasteiger partial charge in [0.2, 0.25) is 0 Å². The van der Waals surface area contributed by atoms with E-state index in [1.54, 1.807) is 0 Å². The van der Waals surface area contributed by atoms with Gasteiger partial charge in [-0.15, -0.1) is 5.10 Å². The minimum Gasteiger partial charge on any atom is -0.475 e. The average Bonchev–Trinajstić information content (AvgIpc) is 2.58. The van der Waals surface area contributed by atoms with Gasteiger partial charge in [-0.3, -0.25) is 0 Å². The van der Waals surface area contributed by atoms with E-state index in [9.17, 15) is 18.0 Å². The van der Waals surface area contributed by atoms with Gasteiger partial charge in [0.1, 0.15) is 5.69 Å². The molecule has 0 aliphatic rings. The minimum absolute atomic E-state index is 0.160. The number of alkyl halides is 3. The Labute approximate surface area is 86.1 Å². The Morgan fingerprint density at radius 3 is 2.62 bits per heavy atom. The number of pyridine rings is 1. The van der Waals surface area contributed by atoms with Crippen molar-refractivity contribution in [1.29, 1.82) is 0 Å². The second-order valence-electron chi connectivity index (χ2n) is 2.92. The highest BCUT2D eigenvalue weighted by molar-refractivity contribution is 5.83. The zero-order valence-corrected chi connectivity index (χ0v) is 7.56. The summed E-state index contributed by atoms with van der Waals surface area (Å²) in [5.41, 5.74) is -1.22. The molecular formula is C8H4F3N3O2. The lowest BCUT2D eigenvalue weighted by Gasteiger charge is -2.06. The fourth-order valence-corrected chi connectivity index (χ4v) is 1.21. The van der Waals surface area contributed by atoms with E-state index in [2.05, 4.69) is 10.1 Å². The Kier molecular flexibility index (Phi) is 2.07. The van der Waals surface area contributed by atoms with Gasteiger partial charge < -0.3 is 5.11 Å². The van der Waals surface area contributed by atoms with Crippen LogP contribution in [0.15, 0.2) is 18.2 Å². The van der Waals surface area contributed by atoms with Crippen molar-refractivity contribution >= 4 is 11.6 Å². The molecule has 2 aromatic heterocycles. The molecule has 0 aromatic carbocycles. The lowest BCUT2D eigenvalue weighted by atomic mass is 10.3. The van der Waals surface area contributed by atoms with E-state index in [0.29, 0.717) is 4.52 Å². The van der Waals surface area contributed by atoms with E-state index < -0.39 is 23.7 Å². The summed E-state index contributed by atoms with van der Waals surface area (Å²) in [5.74, 6) is -2.14. The van der Waals surface area contributed by atoms with Crippen LogP contribution in [0.2, 0.25) is 0 Å². The van der Waals surface area contributed by atoms with Gasteiger partial charge in [0, 0.05) is 0 Å². The molecule has 2 heterocycles. The first-order chi connectivity index (χ1) is 7.39. The van der Waals surface area contributed by atoms with Gasteiger partial charge in [-0.1, -0.05) is 6.07 Å². The van der Waals surface area contributed by atoms with Crippen LogP contribution in [-0.4, -0.2) is 25.7 Å². The predicted molar refractivity (Wildman–Crippen MR) is 44.9 cm³/mol. The molecule has 5 nitrogen and oxygen atoms in total. The molecule has 0 amide bonds. The fraction of sp³-hybridized carbons (Fsp3) is 0.125. The highest BCUT2D eigenvalue weighted by Crippen LogP contribution is 2.28. The normalized spacial score (nSPS) is 11.9. The lowest BCUT2D eigenvalue weighted by Crippen LogP contribution is -2.12. The lowest BCUT2D eigenvalue weighted by molar-refractivity contribution is -0.142. The Morgan fingerprint density at radius 2 is 2.06 bits per heavy atom. The summed E-state index contributed by atoms with van der Waals surface area (Å²) in [6.07, 6.45) is -4.61. The maximum Gasteiger partial charge on any atom is 0.433 e. The molecule has 0 bridgehead atoms. The van der Waals surface area contributed by atoms with E-state index in [4.69, 9.17) is 5.11 Å². The highest BCUT2D eigenvalue weighted by Gasteiger charge is 2.34. The van der Waals surface area contributed by atoms with Gasteiger partial charge in [-0.05, 0) is 12.1 Å². The van der Waals surface area contributed by atoms with Gasteiger partial charge in [-0.2, -0.15) is 13.2 Å². The maximum atomic E-state index is 12.5. The number of hydrogen-bond acceptors (Lipinski definition) is 3. The molecule has 84 valence electrons. The number of aromatic carboxylic acids is 1. The summed E-state index contributed by atoms with van der Waals surface area (Å²) in [6.45, 7) is 0. The van der Waals surface area contributed by atoms with Gasteiger partial charge in [0.25, 0.3) is 5.82 Å². The molecule has 2 rings (SSSR count). The molecule has 0 aliphatic carbocycles. The summed E-state index contributed by atoms with van der Waals surface area (Å²) in [4.78, 5) is 14.0. The number of carbonyl (C=O) groups is 1. The smallest absolute Gasteiger partial charge is 0.433 e. The summed E-state index contributed by atoms with van der Waals surface area (Å²) < 4.78 is 37.9. The number of carboxylic acids is 1. The van der Waals surface area contributed by atoms with E-state index >= 15 is 0 Å². The first-order valence-corrected chi connectivity index (χ1v) is 4.06. The van der Waals surface area contributed by atoms with Crippen LogP contribution in [0, 0.1) is 0 Å². The van der Waals surface area contributed by atoms with Crippen molar-refractivity contribution in [3.05, 3.63) is 29.7 Å². The number of nitrogens with zero attached hydrogens (tertiary/aromatic N) is 3. The Hall–Kier alpha value is -2.12. The zero-order chi connectivity index (χ0) is 11.9. The molecule has 0 radical (unpaired) electrons. The monoisotopic (exact) mass is 231 g/mol. The van der Waals surface area contributed by atoms with E-state index in [0.717, 1.165) is 12.1 Å². The molecule has 0 unspecified atom stereocenters. The summed E-state index contributed by atoms with van der Waals surface area (Å²) >= 11 is 0. The Morgan fingerprint density at radius 1 is 1.38 bits per heavy atom. The fourth-order valence-electron chi connectivity index (χ4n) is 1.21. The summed E-state index contributed by atoms with van der Waals surface area (Å²) in [6, 6.07) is 3.18. The number of rotatable bonds is 1. The molecule has 8 heteroatoms. The van der Waals surface area contributed by atoms with E-state index in [-0.39, 0.29) is 5.65 Å². The maximum absolute atomic E-state index is 12.5. The third-order valence-corrected chi connectivity index (χ3v) is 1.84. The van der Waals surface area contributed by atoms with Crippen LogP contribution in [0.1, 0.15) is 16.3 Å². The Bertz CT molecular complexity index is 561. The highest BCUT2D eigenvalue weighted by atomic mass is 19.4. The van der Waals surface area contributed by atoms with Crippen molar-refractivity contribution in [2.45, 2.75) is 6.18 Å². The van der Waals surface area contributed by atoms with Crippen LogP contribution in [0.25, 0.3) is 5.65 Å². The topological polar surface area (TPSA) is 67.5 Å². The van der Waals surface area contributed by atoms with Crippen LogP contribution in [0.4, 0.5) is 13.2 Å². The number of aromatic nitrogens is 3. The van der Waals surface area contributed by atoms with Gasteiger partial charge in [0.05, 0.1) is 0 Å². The molecule has 16 heavy (non-hydrogen) atoms. The predicted octanol–water partition coefficient (Wildman–Crippen LogP) is 1.45. The molecule has 0 saturated heterocycles. The molecule has 2 aromatic rings.